The van der Waals surface area contributed by atoms with Gasteiger partial charge in [0.25, 0.3) is 0 Å². The molecule has 3 N–H and O–H groups in total. The number of amides is 2. The first-order chi connectivity index (χ1) is 13.9. The molecule has 30 heavy (non-hydrogen) atoms. The molecule has 1 unspecified atom stereocenters. The second kappa shape index (κ2) is 8.15. The molecule has 2 aliphatic rings. The topological polar surface area (TPSA) is 104 Å². The van der Waals surface area contributed by atoms with E-state index in [1.54, 1.807) is 39.1 Å². The zero-order chi connectivity index (χ0) is 22.2. The number of hydrogen-bond donors (Lipinski definition) is 3. The first-order valence-corrected chi connectivity index (χ1v) is 10.6. The van der Waals surface area contributed by atoms with Crippen molar-refractivity contribution in [1.82, 2.24) is 15.2 Å². The number of piperidine rings is 1. The van der Waals surface area contributed by atoms with Crippen molar-refractivity contribution in [3.05, 3.63) is 23.9 Å². The summed E-state index contributed by atoms with van der Waals surface area (Å²) in [4.78, 5) is 30.6. The van der Waals surface area contributed by atoms with Gasteiger partial charge >= 0.3 is 6.09 Å². The van der Waals surface area contributed by atoms with Gasteiger partial charge in [0.1, 0.15) is 11.4 Å². The predicted molar refractivity (Wildman–Crippen MR) is 114 cm³/mol. The molecule has 2 saturated heterocycles. The van der Waals surface area contributed by atoms with E-state index >= 15 is 0 Å². The Hall–Kier alpha value is -2.19. The summed E-state index contributed by atoms with van der Waals surface area (Å²) >= 11 is 0. The Morgan fingerprint density at radius 3 is 2.40 bits per heavy atom. The molecule has 0 aliphatic carbocycles. The summed E-state index contributed by atoms with van der Waals surface area (Å²) in [5, 5.41) is 16.6. The molecule has 1 spiro atoms. The summed E-state index contributed by atoms with van der Waals surface area (Å²) in [5.74, 6) is 0.544. The van der Waals surface area contributed by atoms with E-state index in [0.29, 0.717) is 11.4 Å². The Labute approximate surface area is 178 Å². The van der Waals surface area contributed by atoms with E-state index in [0.717, 1.165) is 38.9 Å². The smallest absolute Gasteiger partial charge is 0.413 e. The van der Waals surface area contributed by atoms with Crippen LogP contribution in [-0.2, 0) is 9.53 Å². The molecule has 2 fully saturated rings. The lowest BCUT2D eigenvalue weighted by Gasteiger charge is -2.47. The van der Waals surface area contributed by atoms with Gasteiger partial charge in [-0.1, -0.05) is 6.07 Å². The number of nitrogens with zero attached hydrogens (tertiary/aromatic N) is 2. The lowest BCUT2D eigenvalue weighted by molar-refractivity contribution is -0.132. The molecule has 0 bridgehead atoms. The third-order valence-corrected chi connectivity index (χ3v) is 6.31. The Morgan fingerprint density at radius 1 is 1.23 bits per heavy atom. The number of aliphatic hydroxyl groups is 1. The third-order valence-electron chi connectivity index (χ3n) is 6.31. The van der Waals surface area contributed by atoms with Crippen LogP contribution in [-0.4, -0.2) is 57.8 Å². The average molecular weight is 419 g/mol. The molecule has 1 atom stereocenters. The molecular weight excluding hydrogens is 384 g/mol. The van der Waals surface area contributed by atoms with Crippen LogP contribution in [0, 0.1) is 5.41 Å². The highest BCUT2D eigenvalue weighted by Crippen LogP contribution is 2.42. The average Bonchev–Trinajstić information content (AvgIpc) is 3.00. The Morgan fingerprint density at radius 2 is 1.90 bits per heavy atom. The second-order valence-corrected chi connectivity index (χ2v) is 9.93. The van der Waals surface area contributed by atoms with Crippen LogP contribution in [0.5, 0.6) is 0 Å². The number of anilines is 1. The minimum atomic E-state index is -0.757. The zero-order valence-corrected chi connectivity index (χ0v) is 18.6. The van der Waals surface area contributed by atoms with Crippen molar-refractivity contribution in [2.24, 2.45) is 5.41 Å². The zero-order valence-electron chi connectivity index (χ0n) is 18.6. The molecule has 3 rings (SSSR count). The van der Waals surface area contributed by atoms with Gasteiger partial charge in [-0.05, 0) is 73.0 Å². The van der Waals surface area contributed by atoms with Crippen LogP contribution in [0.25, 0.3) is 0 Å². The molecule has 1 aromatic heterocycles. The molecule has 0 aromatic carbocycles. The molecule has 8 nitrogen and oxygen atoms in total. The number of ether oxygens (including phenoxy) is 1. The highest BCUT2D eigenvalue weighted by atomic mass is 16.6. The Kier molecular flexibility index (Phi) is 6.11. The number of aliphatic hydroxyl groups excluding tert-OH is 1. The van der Waals surface area contributed by atoms with Crippen LogP contribution in [0.2, 0.25) is 0 Å². The summed E-state index contributed by atoms with van der Waals surface area (Å²) in [7, 11) is 0. The van der Waals surface area contributed by atoms with Crippen molar-refractivity contribution in [2.75, 3.05) is 25.0 Å². The van der Waals surface area contributed by atoms with E-state index in [2.05, 4.69) is 20.5 Å². The molecule has 3 heterocycles. The fraction of sp³-hybridized carbons (Fsp3) is 0.682. The first-order valence-electron chi connectivity index (χ1n) is 10.6. The number of hydrogen-bond acceptors (Lipinski definition) is 6. The maximum absolute atomic E-state index is 12.2. The van der Waals surface area contributed by atoms with E-state index in [9.17, 15) is 14.7 Å². The van der Waals surface area contributed by atoms with Crippen LogP contribution >= 0.6 is 0 Å². The van der Waals surface area contributed by atoms with Gasteiger partial charge in [-0.15, -0.1) is 0 Å². The lowest BCUT2D eigenvalue weighted by atomic mass is 9.75. The molecular formula is C22H34N4O4. The molecule has 0 saturated carbocycles. The van der Waals surface area contributed by atoms with Crippen LogP contribution in [0.1, 0.15) is 65.5 Å². The van der Waals surface area contributed by atoms with Crippen LogP contribution in [0.3, 0.4) is 0 Å². The minimum Gasteiger partial charge on any atom is -0.444 e. The normalized spacial score (nSPS) is 20.7. The summed E-state index contributed by atoms with van der Waals surface area (Å²) in [6, 6.07) is 3.43. The van der Waals surface area contributed by atoms with Gasteiger partial charge in [0.15, 0.2) is 0 Å². The predicted octanol–water partition coefficient (Wildman–Crippen LogP) is 2.84. The molecule has 1 aromatic rings. The van der Waals surface area contributed by atoms with Crippen molar-refractivity contribution in [3.8, 4) is 0 Å². The van der Waals surface area contributed by atoms with Gasteiger partial charge in [0.05, 0.1) is 11.5 Å². The summed E-state index contributed by atoms with van der Waals surface area (Å²) in [5.41, 5.74) is -0.656. The van der Waals surface area contributed by atoms with Crippen molar-refractivity contribution in [1.29, 1.82) is 0 Å². The van der Waals surface area contributed by atoms with E-state index in [1.807, 2.05) is 13.8 Å². The van der Waals surface area contributed by atoms with Crippen LogP contribution < -0.4 is 10.6 Å². The molecule has 2 amide bonds. The SMILES string of the molecule is CC(C)(C)OC(=O)Nc1ccc(C(O)C(C)(C)N2CCC3(CCNC3=O)CC2)cn1. The monoisotopic (exact) mass is 418 g/mol. The molecule has 2 aliphatic heterocycles. The molecule has 8 heteroatoms. The fourth-order valence-corrected chi connectivity index (χ4v) is 4.33. The third kappa shape index (κ3) is 4.75. The number of rotatable bonds is 4. The minimum absolute atomic E-state index is 0.179. The number of pyridine rings is 1. The van der Waals surface area contributed by atoms with Crippen molar-refractivity contribution >= 4 is 17.8 Å². The van der Waals surface area contributed by atoms with Crippen LogP contribution in [0.4, 0.5) is 10.6 Å². The fourth-order valence-electron chi connectivity index (χ4n) is 4.33. The van der Waals surface area contributed by atoms with Crippen molar-refractivity contribution < 1.29 is 19.4 Å². The summed E-state index contributed by atoms with van der Waals surface area (Å²) in [6.45, 7) is 11.7. The summed E-state index contributed by atoms with van der Waals surface area (Å²) < 4.78 is 5.23. The van der Waals surface area contributed by atoms with Crippen LogP contribution in [0.15, 0.2) is 18.3 Å². The number of carbonyl (C=O) groups excluding carboxylic acids is 2. The summed E-state index contributed by atoms with van der Waals surface area (Å²) in [6.07, 6.45) is 2.78. The number of nitrogens with one attached hydrogen (secondary N) is 2. The van der Waals surface area contributed by atoms with E-state index in [1.165, 1.54) is 0 Å². The number of likely N-dealkylation sites (tertiary alicyclic amines) is 1. The molecule has 166 valence electrons. The number of carbonyl (C=O) groups is 2. The Balaban J connectivity index is 1.62. The first kappa shape index (κ1) is 22.5. The number of aromatic nitrogens is 1. The van der Waals surface area contributed by atoms with Gasteiger partial charge in [0.2, 0.25) is 5.91 Å². The maximum Gasteiger partial charge on any atom is 0.413 e. The highest BCUT2D eigenvalue weighted by Gasteiger charge is 2.47. The van der Waals surface area contributed by atoms with E-state index in [-0.39, 0.29) is 11.3 Å². The van der Waals surface area contributed by atoms with Gasteiger partial charge in [-0.2, -0.15) is 0 Å². The van der Waals surface area contributed by atoms with E-state index < -0.39 is 23.3 Å². The molecule has 0 radical (unpaired) electrons. The van der Waals surface area contributed by atoms with Gasteiger partial charge < -0.3 is 15.2 Å². The van der Waals surface area contributed by atoms with Crippen molar-refractivity contribution in [2.45, 2.75) is 71.1 Å². The van der Waals surface area contributed by atoms with Gasteiger partial charge in [-0.3, -0.25) is 15.0 Å². The second-order valence-electron chi connectivity index (χ2n) is 9.93. The van der Waals surface area contributed by atoms with Gasteiger partial charge in [-0.25, -0.2) is 9.78 Å². The maximum atomic E-state index is 12.2. The highest BCUT2D eigenvalue weighted by molar-refractivity contribution is 5.85. The van der Waals surface area contributed by atoms with Gasteiger partial charge in [0, 0.05) is 23.8 Å². The quantitative estimate of drug-likeness (QED) is 0.695. The largest absolute Gasteiger partial charge is 0.444 e. The lowest BCUT2D eigenvalue weighted by Crippen LogP contribution is -2.54. The van der Waals surface area contributed by atoms with Crippen molar-refractivity contribution in [3.63, 3.8) is 0 Å². The van der Waals surface area contributed by atoms with E-state index in [4.69, 9.17) is 4.74 Å². The standard InChI is InChI=1S/C22H34N4O4/c1-20(2,3)30-19(29)25-16-7-6-15(14-24-16)17(27)21(4,5)26-12-9-22(10-13-26)8-11-23-18(22)28/h6-7,14,17,27H,8-13H2,1-5H3,(H,23,28)(H,24,25,29). The Bertz CT molecular complexity index is 777.